The van der Waals surface area contributed by atoms with E-state index in [1.54, 1.807) is 24.3 Å². The number of carbonyl (C=O) groups excluding carboxylic acids is 3. The number of hydrogen-bond donors (Lipinski definition) is 2. The smallest absolute Gasteiger partial charge is 0.343 e. The van der Waals surface area contributed by atoms with E-state index in [4.69, 9.17) is 18.9 Å². The SMILES string of the molecule is COc1cc(C(=O)Oc2c(Br)cc(Br)cc2C=NNC(=O)C(=Cc2ccc(N(C)C)cc2)NC(=O)c2cccc(F)c2)cc(OC)c1OC. The number of nitrogens with one attached hydrogen (secondary N) is 2. The van der Waals surface area contributed by atoms with Crippen molar-refractivity contribution >= 4 is 67.6 Å². The fourth-order valence-corrected chi connectivity index (χ4v) is 5.71. The molecule has 2 amide bonds. The number of esters is 1. The van der Waals surface area contributed by atoms with Gasteiger partial charge in [0.05, 0.1) is 37.6 Å². The molecule has 254 valence electrons. The van der Waals surface area contributed by atoms with Gasteiger partial charge in [-0.1, -0.05) is 34.1 Å². The Morgan fingerprint density at radius 1 is 0.837 bits per heavy atom. The highest BCUT2D eigenvalue weighted by atomic mass is 79.9. The Balaban J connectivity index is 1.61. The van der Waals surface area contributed by atoms with Crippen LogP contribution in [0.3, 0.4) is 0 Å². The topological polar surface area (TPSA) is 128 Å². The van der Waals surface area contributed by atoms with Gasteiger partial charge in [0.1, 0.15) is 11.5 Å². The Kier molecular flexibility index (Phi) is 12.5. The number of carbonyl (C=O) groups is 3. The molecule has 4 rings (SSSR count). The summed E-state index contributed by atoms with van der Waals surface area (Å²) in [4.78, 5) is 41.5. The highest BCUT2D eigenvalue weighted by molar-refractivity contribution is 9.11. The second-order valence-electron chi connectivity index (χ2n) is 10.3. The molecule has 0 saturated heterocycles. The molecular weight excluding hydrogens is 767 g/mol. The average Bonchev–Trinajstić information content (AvgIpc) is 3.08. The molecule has 0 aromatic heterocycles. The van der Waals surface area contributed by atoms with Crippen molar-refractivity contribution in [1.82, 2.24) is 10.7 Å². The molecule has 0 aliphatic heterocycles. The first kappa shape index (κ1) is 36.6. The summed E-state index contributed by atoms with van der Waals surface area (Å²) in [6, 6.07) is 18.5. The summed E-state index contributed by atoms with van der Waals surface area (Å²) >= 11 is 6.82. The number of ether oxygens (including phenoxy) is 4. The molecule has 4 aromatic carbocycles. The van der Waals surface area contributed by atoms with E-state index in [0.29, 0.717) is 25.8 Å². The largest absolute Gasteiger partial charge is 0.493 e. The molecule has 0 unspecified atom stereocenters. The van der Waals surface area contributed by atoms with Crippen LogP contribution >= 0.6 is 31.9 Å². The number of methoxy groups -OCH3 is 3. The fourth-order valence-electron chi connectivity index (χ4n) is 4.37. The molecule has 2 N–H and O–H groups in total. The lowest BCUT2D eigenvalue weighted by molar-refractivity contribution is -0.117. The second-order valence-corrected chi connectivity index (χ2v) is 12.1. The second kappa shape index (κ2) is 16.8. The van der Waals surface area contributed by atoms with E-state index in [9.17, 15) is 18.8 Å². The van der Waals surface area contributed by atoms with Gasteiger partial charge in [0.2, 0.25) is 5.75 Å². The minimum atomic E-state index is -0.775. The van der Waals surface area contributed by atoms with Crippen LogP contribution in [-0.4, -0.2) is 59.4 Å². The van der Waals surface area contributed by atoms with Crippen molar-refractivity contribution in [2.45, 2.75) is 0 Å². The molecule has 4 aromatic rings. The first-order chi connectivity index (χ1) is 23.4. The number of anilines is 1. The van der Waals surface area contributed by atoms with E-state index >= 15 is 0 Å². The van der Waals surface area contributed by atoms with Gasteiger partial charge in [0.25, 0.3) is 11.8 Å². The molecular formula is C35H31Br2FN4O7. The van der Waals surface area contributed by atoms with Crippen LogP contribution in [0.25, 0.3) is 6.08 Å². The van der Waals surface area contributed by atoms with Crippen LogP contribution in [0.5, 0.6) is 23.0 Å². The van der Waals surface area contributed by atoms with Crippen molar-refractivity contribution in [3.8, 4) is 23.0 Å². The van der Waals surface area contributed by atoms with Gasteiger partial charge in [0, 0.05) is 35.4 Å². The third-order valence-corrected chi connectivity index (χ3v) is 7.85. The van der Waals surface area contributed by atoms with Gasteiger partial charge in [-0.15, -0.1) is 0 Å². The first-order valence-electron chi connectivity index (χ1n) is 14.3. The van der Waals surface area contributed by atoms with E-state index in [1.807, 2.05) is 31.1 Å². The molecule has 0 heterocycles. The zero-order chi connectivity index (χ0) is 35.7. The highest BCUT2D eigenvalue weighted by Gasteiger charge is 2.21. The number of rotatable bonds is 12. The molecule has 0 saturated carbocycles. The predicted octanol–water partition coefficient (Wildman–Crippen LogP) is 6.58. The van der Waals surface area contributed by atoms with Crippen LogP contribution in [0.1, 0.15) is 31.8 Å². The van der Waals surface area contributed by atoms with Crippen LogP contribution < -0.4 is 34.6 Å². The van der Waals surface area contributed by atoms with Crippen molar-refractivity contribution in [2.24, 2.45) is 5.10 Å². The van der Waals surface area contributed by atoms with Crippen molar-refractivity contribution in [3.63, 3.8) is 0 Å². The summed E-state index contributed by atoms with van der Waals surface area (Å²) in [7, 11) is 8.08. The average molecular weight is 798 g/mol. The van der Waals surface area contributed by atoms with Gasteiger partial charge in [-0.2, -0.15) is 5.10 Å². The van der Waals surface area contributed by atoms with Gasteiger partial charge in [-0.3, -0.25) is 9.59 Å². The van der Waals surface area contributed by atoms with Crippen molar-refractivity contribution in [2.75, 3.05) is 40.3 Å². The third-order valence-electron chi connectivity index (χ3n) is 6.80. The Morgan fingerprint density at radius 3 is 2.10 bits per heavy atom. The Morgan fingerprint density at radius 2 is 1.51 bits per heavy atom. The minimum Gasteiger partial charge on any atom is -0.493 e. The molecule has 14 heteroatoms. The quantitative estimate of drug-likeness (QED) is 0.0541. The Hall–Kier alpha value is -5.21. The maximum absolute atomic E-state index is 13.8. The lowest BCUT2D eigenvalue weighted by Crippen LogP contribution is -2.32. The Bertz CT molecular complexity index is 1910. The van der Waals surface area contributed by atoms with Gasteiger partial charge in [-0.25, -0.2) is 14.6 Å². The normalized spacial score (nSPS) is 11.1. The first-order valence-corrected chi connectivity index (χ1v) is 15.9. The summed E-state index contributed by atoms with van der Waals surface area (Å²) in [5.74, 6) is -1.91. The molecule has 49 heavy (non-hydrogen) atoms. The summed E-state index contributed by atoms with van der Waals surface area (Å²) in [6.07, 6.45) is 2.73. The number of nitrogens with zero attached hydrogens (tertiary/aromatic N) is 2. The van der Waals surface area contributed by atoms with Crippen LogP contribution in [0.2, 0.25) is 0 Å². The fraction of sp³-hybridized carbons (Fsp3) is 0.143. The number of hydrazone groups is 1. The minimum absolute atomic E-state index is 0.0164. The maximum Gasteiger partial charge on any atom is 0.343 e. The summed E-state index contributed by atoms with van der Waals surface area (Å²) in [5.41, 5.74) is 4.20. The Labute approximate surface area is 298 Å². The van der Waals surface area contributed by atoms with Crippen LogP contribution in [-0.2, 0) is 4.79 Å². The third kappa shape index (κ3) is 9.45. The summed E-state index contributed by atoms with van der Waals surface area (Å²) < 4.78 is 36.6. The molecule has 0 atom stereocenters. The standard InChI is InChI=1S/C35H31Br2FN4O7/c1-42(2)26-11-9-20(10-12-26)13-28(40-33(43)21-7-6-8-25(38)15-21)34(44)41-39-19-23-14-24(36)18-27(37)31(23)49-35(45)22-16-29(46-3)32(48-5)30(17-22)47-4/h6-19H,1-5H3,(H,40,43)(H,41,44). The monoisotopic (exact) mass is 796 g/mol. The number of hydrogen-bond acceptors (Lipinski definition) is 9. The van der Waals surface area contributed by atoms with E-state index in [0.717, 1.165) is 11.8 Å². The lowest BCUT2D eigenvalue weighted by Gasteiger charge is -2.15. The molecule has 0 spiro atoms. The van der Waals surface area contributed by atoms with E-state index < -0.39 is 23.6 Å². The number of amides is 2. The molecule has 0 aliphatic rings. The maximum atomic E-state index is 13.8. The van der Waals surface area contributed by atoms with Crippen molar-refractivity contribution in [1.29, 1.82) is 0 Å². The van der Waals surface area contributed by atoms with Crippen LogP contribution in [0, 0.1) is 5.82 Å². The zero-order valence-electron chi connectivity index (χ0n) is 27.0. The van der Waals surface area contributed by atoms with Gasteiger partial charge in [0.15, 0.2) is 17.2 Å². The van der Waals surface area contributed by atoms with E-state index in [1.165, 1.54) is 64.0 Å². The van der Waals surface area contributed by atoms with Gasteiger partial charge < -0.3 is 29.2 Å². The molecule has 0 radical (unpaired) electrons. The molecule has 0 bridgehead atoms. The van der Waals surface area contributed by atoms with E-state index in [2.05, 4.69) is 47.7 Å². The molecule has 0 aliphatic carbocycles. The summed E-state index contributed by atoms with van der Waals surface area (Å²) in [6.45, 7) is 0. The zero-order valence-corrected chi connectivity index (χ0v) is 30.1. The van der Waals surface area contributed by atoms with Gasteiger partial charge >= 0.3 is 5.97 Å². The summed E-state index contributed by atoms with van der Waals surface area (Å²) in [5, 5.41) is 6.60. The number of halogens is 3. The van der Waals surface area contributed by atoms with Crippen molar-refractivity contribution < 1.29 is 37.7 Å². The number of benzene rings is 4. The van der Waals surface area contributed by atoms with E-state index in [-0.39, 0.29) is 34.1 Å². The van der Waals surface area contributed by atoms with Crippen molar-refractivity contribution in [3.05, 3.63) is 116 Å². The molecule has 11 nitrogen and oxygen atoms in total. The highest BCUT2D eigenvalue weighted by Crippen LogP contribution is 2.39. The lowest BCUT2D eigenvalue weighted by atomic mass is 10.1. The predicted molar refractivity (Wildman–Crippen MR) is 191 cm³/mol. The van der Waals surface area contributed by atoms with Gasteiger partial charge in [-0.05, 0) is 82.2 Å². The van der Waals surface area contributed by atoms with Crippen LogP contribution in [0.4, 0.5) is 10.1 Å². The molecule has 0 fully saturated rings. The van der Waals surface area contributed by atoms with Crippen LogP contribution in [0.15, 0.2) is 92.5 Å².